The lowest BCUT2D eigenvalue weighted by atomic mass is 9.96. The predicted molar refractivity (Wildman–Crippen MR) is 107 cm³/mol. The highest BCUT2D eigenvalue weighted by Gasteiger charge is 2.22. The third-order valence-corrected chi connectivity index (χ3v) is 5.63. The van der Waals surface area contributed by atoms with Gasteiger partial charge in [-0.1, -0.05) is 0 Å². The zero-order valence-corrected chi connectivity index (χ0v) is 15.9. The number of rotatable bonds is 5. The lowest BCUT2D eigenvalue weighted by Gasteiger charge is -2.35. The molecule has 144 valence electrons. The molecule has 0 atom stereocenters. The van der Waals surface area contributed by atoms with Gasteiger partial charge in [-0.3, -0.25) is 4.90 Å². The van der Waals surface area contributed by atoms with Crippen molar-refractivity contribution >= 4 is 16.6 Å². The molecular formula is C21H24N6O. The normalized spacial score (nSPS) is 18.2. The summed E-state index contributed by atoms with van der Waals surface area (Å²) < 4.78 is 6.10. The van der Waals surface area contributed by atoms with Crippen LogP contribution in [-0.2, 0) is 6.54 Å². The second-order valence-corrected chi connectivity index (χ2v) is 7.48. The average Bonchev–Trinajstić information content (AvgIpc) is 2.72. The first-order chi connectivity index (χ1) is 13.8. The van der Waals surface area contributed by atoms with E-state index in [1.807, 2.05) is 6.07 Å². The van der Waals surface area contributed by atoms with Gasteiger partial charge in [0.15, 0.2) is 0 Å². The van der Waals surface area contributed by atoms with Crippen molar-refractivity contribution in [2.24, 2.45) is 0 Å². The molecule has 3 heterocycles. The van der Waals surface area contributed by atoms with Crippen LogP contribution in [0.2, 0.25) is 0 Å². The minimum atomic E-state index is 0.311. The van der Waals surface area contributed by atoms with Gasteiger partial charge in [-0.2, -0.15) is 0 Å². The quantitative estimate of drug-likeness (QED) is 0.678. The molecule has 7 nitrogen and oxygen atoms in total. The molecule has 7 heteroatoms. The molecule has 1 aliphatic carbocycles. The molecule has 0 unspecified atom stereocenters. The van der Waals surface area contributed by atoms with Gasteiger partial charge in [-0.25, -0.2) is 19.9 Å². The van der Waals surface area contributed by atoms with Gasteiger partial charge in [0.25, 0.3) is 0 Å². The lowest BCUT2D eigenvalue weighted by molar-refractivity contribution is 0.116. The summed E-state index contributed by atoms with van der Waals surface area (Å²) in [4.78, 5) is 22.3. The highest BCUT2D eigenvalue weighted by atomic mass is 16.5. The monoisotopic (exact) mass is 376 g/mol. The zero-order chi connectivity index (χ0) is 18.8. The molecule has 28 heavy (non-hydrogen) atoms. The summed E-state index contributed by atoms with van der Waals surface area (Å²) >= 11 is 0. The molecule has 2 aromatic heterocycles. The van der Waals surface area contributed by atoms with Crippen molar-refractivity contribution in [2.75, 3.05) is 31.1 Å². The maximum Gasteiger partial charge on any atom is 0.224 e. The second-order valence-electron chi connectivity index (χ2n) is 7.48. The first-order valence-corrected chi connectivity index (χ1v) is 10.00. The maximum atomic E-state index is 6.10. The van der Waals surface area contributed by atoms with Crippen LogP contribution in [0.4, 0.5) is 5.69 Å². The minimum Gasteiger partial charge on any atom is -0.474 e. The molecule has 0 amide bonds. The summed E-state index contributed by atoms with van der Waals surface area (Å²) in [5, 5.41) is 1.01. The van der Waals surface area contributed by atoms with E-state index in [0.29, 0.717) is 6.10 Å². The van der Waals surface area contributed by atoms with E-state index < -0.39 is 0 Å². The molecule has 0 radical (unpaired) electrons. The Hall–Kier alpha value is -2.80. The van der Waals surface area contributed by atoms with Gasteiger partial charge in [-0.15, -0.1) is 0 Å². The van der Waals surface area contributed by atoms with Gasteiger partial charge in [-0.05, 0) is 43.5 Å². The average molecular weight is 376 g/mol. The molecule has 0 spiro atoms. The molecule has 1 saturated carbocycles. The number of piperazine rings is 1. The van der Waals surface area contributed by atoms with Crippen LogP contribution in [0.15, 0.2) is 43.0 Å². The summed E-state index contributed by atoms with van der Waals surface area (Å²) in [6.45, 7) is 4.75. The van der Waals surface area contributed by atoms with E-state index in [1.54, 1.807) is 18.7 Å². The predicted octanol–water partition coefficient (Wildman–Crippen LogP) is 2.67. The maximum absolute atomic E-state index is 6.10. The molecular weight excluding hydrogens is 352 g/mol. The van der Waals surface area contributed by atoms with Crippen molar-refractivity contribution in [3.05, 3.63) is 48.8 Å². The molecule has 3 aromatic rings. The van der Waals surface area contributed by atoms with Crippen LogP contribution >= 0.6 is 0 Å². The number of benzene rings is 1. The molecule has 5 rings (SSSR count). The van der Waals surface area contributed by atoms with Crippen LogP contribution < -0.4 is 9.64 Å². The molecule has 2 fully saturated rings. The highest BCUT2D eigenvalue weighted by Crippen LogP contribution is 2.31. The number of hydrogen-bond donors (Lipinski definition) is 0. The Bertz CT molecular complexity index is 938. The number of hydrogen-bond acceptors (Lipinski definition) is 7. The third kappa shape index (κ3) is 3.62. The number of aromatic nitrogens is 4. The number of anilines is 1. The van der Waals surface area contributed by atoms with Crippen molar-refractivity contribution in [1.82, 2.24) is 24.8 Å². The number of ether oxygens (including phenoxy) is 1. The van der Waals surface area contributed by atoms with E-state index in [-0.39, 0.29) is 0 Å². The van der Waals surface area contributed by atoms with E-state index in [0.717, 1.165) is 68.2 Å². The minimum absolute atomic E-state index is 0.311. The largest absolute Gasteiger partial charge is 0.474 e. The van der Waals surface area contributed by atoms with Gasteiger partial charge in [0.2, 0.25) is 5.88 Å². The Balaban J connectivity index is 1.29. The molecule has 0 N–H and O–H groups in total. The van der Waals surface area contributed by atoms with Gasteiger partial charge < -0.3 is 9.64 Å². The van der Waals surface area contributed by atoms with E-state index in [4.69, 9.17) is 4.74 Å². The molecule has 1 saturated heterocycles. The fraction of sp³-hybridized carbons (Fsp3) is 0.429. The Labute approximate surface area is 164 Å². The van der Waals surface area contributed by atoms with Gasteiger partial charge in [0.05, 0.1) is 17.4 Å². The van der Waals surface area contributed by atoms with Crippen LogP contribution in [-0.4, -0.2) is 57.1 Å². The molecule has 1 aliphatic heterocycles. The SMILES string of the molecule is c1cnc(CN2CCN(c3ccc4ncnc(OC5CCC5)c4c3)CC2)nc1. The van der Waals surface area contributed by atoms with Crippen molar-refractivity contribution in [3.63, 3.8) is 0 Å². The first kappa shape index (κ1) is 17.3. The summed E-state index contributed by atoms with van der Waals surface area (Å²) in [5.41, 5.74) is 2.14. The first-order valence-electron chi connectivity index (χ1n) is 10.00. The summed E-state index contributed by atoms with van der Waals surface area (Å²) in [6, 6.07) is 8.26. The fourth-order valence-electron chi connectivity index (χ4n) is 3.73. The fourth-order valence-corrected chi connectivity index (χ4v) is 3.73. The van der Waals surface area contributed by atoms with Crippen LogP contribution in [0.3, 0.4) is 0 Å². The van der Waals surface area contributed by atoms with E-state index in [1.165, 1.54) is 12.1 Å². The van der Waals surface area contributed by atoms with Gasteiger partial charge in [0.1, 0.15) is 18.3 Å². The summed E-state index contributed by atoms with van der Waals surface area (Å²) in [5.74, 6) is 1.60. The Morgan fingerprint density at radius 1 is 0.964 bits per heavy atom. The second kappa shape index (κ2) is 7.67. The van der Waals surface area contributed by atoms with Crippen LogP contribution in [0.5, 0.6) is 5.88 Å². The van der Waals surface area contributed by atoms with Gasteiger partial charge >= 0.3 is 0 Å². The topological polar surface area (TPSA) is 67.3 Å². The Morgan fingerprint density at radius 3 is 2.54 bits per heavy atom. The smallest absolute Gasteiger partial charge is 0.224 e. The van der Waals surface area contributed by atoms with E-state index in [2.05, 4.69) is 47.9 Å². The standard InChI is InChI=1S/C21H24N6O/c1-3-17(4-1)28-21-18-13-16(5-6-19(18)24-15-25-21)27-11-9-26(10-12-27)14-20-22-7-2-8-23-20/h2,5-8,13,15,17H,1,3-4,9-12,14H2. The van der Waals surface area contributed by atoms with Crippen LogP contribution in [0.1, 0.15) is 25.1 Å². The lowest BCUT2D eigenvalue weighted by Crippen LogP contribution is -2.46. The molecule has 1 aromatic carbocycles. The van der Waals surface area contributed by atoms with Gasteiger partial charge in [0, 0.05) is 44.3 Å². The van der Waals surface area contributed by atoms with E-state index in [9.17, 15) is 0 Å². The van der Waals surface area contributed by atoms with Crippen LogP contribution in [0.25, 0.3) is 10.9 Å². The Morgan fingerprint density at radius 2 is 1.79 bits per heavy atom. The van der Waals surface area contributed by atoms with Crippen LogP contribution in [0, 0.1) is 0 Å². The molecule has 2 aliphatic rings. The van der Waals surface area contributed by atoms with Crippen molar-refractivity contribution < 1.29 is 4.74 Å². The summed E-state index contributed by atoms with van der Waals surface area (Å²) in [7, 11) is 0. The van der Waals surface area contributed by atoms with Crippen molar-refractivity contribution in [2.45, 2.75) is 31.9 Å². The van der Waals surface area contributed by atoms with Crippen molar-refractivity contribution in [1.29, 1.82) is 0 Å². The van der Waals surface area contributed by atoms with E-state index >= 15 is 0 Å². The number of fused-ring (bicyclic) bond motifs is 1. The highest BCUT2D eigenvalue weighted by molar-refractivity contribution is 5.86. The Kier molecular flexibility index (Phi) is 4.74. The zero-order valence-electron chi connectivity index (χ0n) is 15.9. The molecule has 0 bridgehead atoms. The third-order valence-electron chi connectivity index (χ3n) is 5.63. The number of nitrogens with zero attached hydrogens (tertiary/aromatic N) is 6. The summed E-state index contributed by atoms with van der Waals surface area (Å²) in [6.07, 6.45) is 9.01. The van der Waals surface area contributed by atoms with Crippen molar-refractivity contribution in [3.8, 4) is 5.88 Å².